The summed E-state index contributed by atoms with van der Waals surface area (Å²) in [6.07, 6.45) is 8.46. The van der Waals surface area contributed by atoms with Crippen LogP contribution in [0.4, 0.5) is 0 Å². The summed E-state index contributed by atoms with van der Waals surface area (Å²) in [5, 5.41) is 3.70. The molecule has 1 unspecified atom stereocenters. The lowest BCUT2D eigenvalue weighted by Gasteiger charge is -2.37. The Bertz CT molecular complexity index is 524. The minimum absolute atomic E-state index is 0.0548. The summed E-state index contributed by atoms with van der Waals surface area (Å²) in [5.41, 5.74) is 0.474. The molecule has 1 spiro atoms. The summed E-state index contributed by atoms with van der Waals surface area (Å²) in [7, 11) is -3.01. The molecule has 3 fully saturated rings. The SMILES string of the molecule is CC1(C)CC2(CCC(NCC3CCN(S(C)(=O)=O)C3)CC2)CO1. The zero-order chi connectivity index (χ0) is 16.7. The van der Waals surface area contributed by atoms with E-state index in [1.165, 1.54) is 38.4 Å². The monoisotopic (exact) mass is 344 g/mol. The zero-order valence-electron chi connectivity index (χ0n) is 14.8. The van der Waals surface area contributed by atoms with Gasteiger partial charge in [-0.15, -0.1) is 0 Å². The van der Waals surface area contributed by atoms with Gasteiger partial charge in [-0.05, 0) is 70.3 Å². The van der Waals surface area contributed by atoms with E-state index in [9.17, 15) is 8.42 Å². The number of nitrogens with one attached hydrogen (secondary N) is 1. The van der Waals surface area contributed by atoms with Crippen LogP contribution in [0.1, 0.15) is 52.4 Å². The van der Waals surface area contributed by atoms with E-state index in [0.29, 0.717) is 30.5 Å². The van der Waals surface area contributed by atoms with Gasteiger partial charge in [0.25, 0.3) is 0 Å². The summed E-state index contributed by atoms with van der Waals surface area (Å²) < 4.78 is 30.7. The summed E-state index contributed by atoms with van der Waals surface area (Å²) in [5.74, 6) is 0.467. The fourth-order valence-electron chi connectivity index (χ4n) is 4.71. The highest BCUT2D eigenvalue weighted by molar-refractivity contribution is 7.88. The molecule has 1 N–H and O–H groups in total. The molecule has 0 aromatic carbocycles. The second-order valence-corrected chi connectivity index (χ2v) is 10.7. The van der Waals surface area contributed by atoms with Crippen LogP contribution >= 0.6 is 0 Å². The molecule has 3 rings (SSSR count). The van der Waals surface area contributed by atoms with Crippen molar-refractivity contribution in [3.63, 3.8) is 0 Å². The first-order valence-corrected chi connectivity index (χ1v) is 10.8. The van der Waals surface area contributed by atoms with Gasteiger partial charge in [-0.25, -0.2) is 12.7 Å². The van der Waals surface area contributed by atoms with Crippen molar-refractivity contribution in [2.75, 3.05) is 32.5 Å². The lowest BCUT2D eigenvalue weighted by molar-refractivity contribution is 0.0277. The third-order valence-corrected chi connectivity index (χ3v) is 7.30. The highest BCUT2D eigenvalue weighted by Crippen LogP contribution is 2.48. The van der Waals surface area contributed by atoms with Crippen LogP contribution in [0.5, 0.6) is 0 Å². The molecule has 0 amide bonds. The Balaban J connectivity index is 1.41. The fourth-order valence-corrected chi connectivity index (χ4v) is 5.63. The molecule has 2 aliphatic heterocycles. The maximum absolute atomic E-state index is 11.6. The normalized spacial score (nSPS) is 38.4. The molecule has 2 heterocycles. The molecule has 134 valence electrons. The second kappa shape index (κ2) is 6.28. The molecule has 0 bridgehead atoms. The van der Waals surface area contributed by atoms with Crippen LogP contribution < -0.4 is 5.32 Å². The lowest BCUT2D eigenvalue weighted by atomic mass is 9.69. The zero-order valence-corrected chi connectivity index (χ0v) is 15.6. The van der Waals surface area contributed by atoms with E-state index in [1.54, 1.807) is 4.31 Å². The third-order valence-electron chi connectivity index (χ3n) is 6.03. The number of ether oxygens (including phenoxy) is 1. The Morgan fingerprint density at radius 3 is 2.43 bits per heavy atom. The van der Waals surface area contributed by atoms with Crippen molar-refractivity contribution in [3.8, 4) is 0 Å². The Kier molecular flexibility index (Phi) is 4.82. The first kappa shape index (κ1) is 17.6. The quantitative estimate of drug-likeness (QED) is 0.847. The summed E-state index contributed by atoms with van der Waals surface area (Å²) in [6.45, 7) is 7.67. The molecule has 0 aromatic heterocycles. The molecule has 0 aromatic rings. The van der Waals surface area contributed by atoms with Crippen LogP contribution in [-0.2, 0) is 14.8 Å². The smallest absolute Gasteiger partial charge is 0.211 e. The van der Waals surface area contributed by atoms with Crippen LogP contribution in [0.3, 0.4) is 0 Å². The van der Waals surface area contributed by atoms with E-state index in [0.717, 1.165) is 19.6 Å². The Labute approximate surface area is 141 Å². The van der Waals surface area contributed by atoms with E-state index < -0.39 is 10.0 Å². The highest BCUT2D eigenvalue weighted by Gasteiger charge is 2.46. The number of hydrogen-bond acceptors (Lipinski definition) is 4. The number of rotatable bonds is 4. The summed E-state index contributed by atoms with van der Waals surface area (Å²) in [6, 6.07) is 0.594. The van der Waals surface area contributed by atoms with Crippen molar-refractivity contribution in [1.82, 2.24) is 9.62 Å². The van der Waals surface area contributed by atoms with Crippen molar-refractivity contribution < 1.29 is 13.2 Å². The standard InChI is InChI=1S/C17H32N2O3S/c1-16(2)12-17(13-22-16)7-4-15(5-8-17)18-10-14-6-9-19(11-14)23(3,20)21/h14-15,18H,4-13H2,1-3H3. The predicted molar refractivity (Wildman–Crippen MR) is 91.9 cm³/mol. The van der Waals surface area contributed by atoms with Gasteiger partial charge in [0.05, 0.1) is 18.5 Å². The van der Waals surface area contributed by atoms with Crippen LogP contribution in [0.15, 0.2) is 0 Å². The fraction of sp³-hybridized carbons (Fsp3) is 1.00. The molecule has 1 atom stereocenters. The van der Waals surface area contributed by atoms with Crippen LogP contribution in [0.2, 0.25) is 0 Å². The molecule has 1 saturated carbocycles. The molecule has 1 aliphatic carbocycles. The average Bonchev–Trinajstić information content (AvgIpc) is 3.03. The molecular formula is C17H32N2O3S. The van der Waals surface area contributed by atoms with E-state index in [4.69, 9.17) is 4.74 Å². The highest BCUT2D eigenvalue weighted by atomic mass is 32.2. The molecule has 0 radical (unpaired) electrons. The Hall–Kier alpha value is -0.170. The van der Waals surface area contributed by atoms with Gasteiger partial charge < -0.3 is 10.1 Å². The van der Waals surface area contributed by atoms with Crippen LogP contribution in [-0.4, -0.2) is 56.9 Å². The summed E-state index contributed by atoms with van der Waals surface area (Å²) >= 11 is 0. The van der Waals surface area contributed by atoms with E-state index >= 15 is 0 Å². The van der Waals surface area contributed by atoms with Gasteiger partial charge >= 0.3 is 0 Å². The first-order valence-electron chi connectivity index (χ1n) is 9.00. The number of sulfonamides is 1. The second-order valence-electron chi connectivity index (χ2n) is 8.68. The maximum atomic E-state index is 11.6. The summed E-state index contributed by atoms with van der Waals surface area (Å²) in [4.78, 5) is 0. The van der Waals surface area contributed by atoms with Crippen molar-refractivity contribution >= 4 is 10.0 Å². The maximum Gasteiger partial charge on any atom is 0.211 e. The minimum Gasteiger partial charge on any atom is -0.375 e. The average molecular weight is 345 g/mol. The topological polar surface area (TPSA) is 58.6 Å². The first-order chi connectivity index (χ1) is 10.7. The van der Waals surface area contributed by atoms with Crippen molar-refractivity contribution in [2.24, 2.45) is 11.3 Å². The van der Waals surface area contributed by atoms with Gasteiger partial charge in [-0.1, -0.05) is 0 Å². The van der Waals surface area contributed by atoms with Gasteiger partial charge in [0.15, 0.2) is 0 Å². The molecule has 23 heavy (non-hydrogen) atoms. The van der Waals surface area contributed by atoms with E-state index in [1.807, 2.05) is 0 Å². The lowest BCUT2D eigenvalue weighted by Crippen LogP contribution is -2.40. The van der Waals surface area contributed by atoms with E-state index in [-0.39, 0.29) is 5.60 Å². The Morgan fingerprint density at radius 2 is 1.91 bits per heavy atom. The van der Waals surface area contributed by atoms with Crippen molar-refractivity contribution in [2.45, 2.75) is 64.0 Å². The number of nitrogens with zero attached hydrogens (tertiary/aromatic N) is 1. The van der Waals surface area contributed by atoms with Gasteiger partial charge in [0, 0.05) is 19.1 Å². The van der Waals surface area contributed by atoms with Crippen molar-refractivity contribution in [3.05, 3.63) is 0 Å². The molecule has 3 aliphatic rings. The van der Waals surface area contributed by atoms with Crippen LogP contribution in [0, 0.1) is 11.3 Å². The van der Waals surface area contributed by atoms with Gasteiger partial charge in [0.2, 0.25) is 10.0 Å². The van der Waals surface area contributed by atoms with E-state index in [2.05, 4.69) is 19.2 Å². The molecule has 6 heteroatoms. The largest absolute Gasteiger partial charge is 0.375 e. The van der Waals surface area contributed by atoms with Crippen LogP contribution in [0.25, 0.3) is 0 Å². The van der Waals surface area contributed by atoms with Gasteiger partial charge in [0.1, 0.15) is 0 Å². The number of hydrogen-bond donors (Lipinski definition) is 1. The van der Waals surface area contributed by atoms with Gasteiger partial charge in [-0.2, -0.15) is 0 Å². The molecule has 5 nitrogen and oxygen atoms in total. The Morgan fingerprint density at radius 1 is 1.22 bits per heavy atom. The van der Waals surface area contributed by atoms with Gasteiger partial charge in [-0.3, -0.25) is 0 Å². The molecule has 2 saturated heterocycles. The predicted octanol–water partition coefficient (Wildman–Crippen LogP) is 1.99. The van der Waals surface area contributed by atoms with Crippen molar-refractivity contribution in [1.29, 1.82) is 0 Å². The minimum atomic E-state index is -3.01. The third kappa shape index (κ3) is 4.27. The molecular weight excluding hydrogens is 312 g/mol.